The third-order valence-electron chi connectivity index (χ3n) is 1.27. The first-order chi connectivity index (χ1) is 6.42. The van der Waals surface area contributed by atoms with E-state index in [4.69, 9.17) is 5.26 Å². The summed E-state index contributed by atoms with van der Waals surface area (Å²) in [5.41, 5.74) is -0.314. The van der Waals surface area contributed by atoms with Crippen molar-refractivity contribution in [3.63, 3.8) is 0 Å². The lowest BCUT2D eigenvalue weighted by atomic mass is 10.2. The van der Waals surface area contributed by atoms with Crippen LogP contribution in [0.2, 0.25) is 0 Å². The molecule has 5 nitrogen and oxygen atoms in total. The Morgan fingerprint density at radius 1 is 1.50 bits per heavy atom. The third-order valence-corrected chi connectivity index (χ3v) is 1.70. The van der Waals surface area contributed by atoms with Crippen LogP contribution in [0, 0.1) is 17.1 Å². The summed E-state index contributed by atoms with van der Waals surface area (Å²) in [5, 5.41) is 13.0. The lowest BCUT2D eigenvalue weighted by Crippen LogP contribution is -2.19. The molecule has 74 valence electrons. The number of hydrogen-bond acceptors (Lipinski definition) is 4. The van der Waals surface area contributed by atoms with Crippen LogP contribution >= 0.6 is 0 Å². The lowest BCUT2D eigenvalue weighted by Gasteiger charge is -2.02. The highest BCUT2D eigenvalue weighted by Gasteiger charge is 2.08. The summed E-state index contributed by atoms with van der Waals surface area (Å²) >= 11 is 0. The topological polar surface area (TPSA) is 93.2 Å². The predicted octanol–water partition coefficient (Wildman–Crippen LogP) is 0.280. The van der Waals surface area contributed by atoms with Gasteiger partial charge in [-0.25, -0.2) is 4.39 Å². The molecular weight excluding hydrogens is 211 g/mol. The largest absolute Gasteiger partial charge is 0.380 e. The van der Waals surface area contributed by atoms with Crippen LogP contribution in [0.15, 0.2) is 18.2 Å². The number of rotatable bonds is 2. The Kier molecular flexibility index (Phi) is 2.69. The number of nitrogens with two attached hydrogens (primary N) is 1. The molecule has 0 saturated carbocycles. The molecule has 0 aliphatic heterocycles. The van der Waals surface area contributed by atoms with Crippen molar-refractivity contribution in [3.05, 3.63) is 29.6 Å². The zero-order valence-corrected chi connectivity index (χ0v) is 7.58. The van der Waals surface area contributed by atoms with Crippen molar-refractivity contribution in [2.24, 2.45) is 5.14 Å². The molecule has 0 amide bonds. The minimum atomic E-state index is -4.15. The molecule has 0 fully saturated rings. The Morgan fingerprint density at radius 2 is 2.14 bits per heavy atom. The van der Waals surface area contributed by atoms with E-state index in [1.807, 2.05) is 0 Å². The molecule has 1 rings (SSSR count). The van der Waals surface area contributed by atoms with Gasteiger partial charge < -0.3 is 4.18 Å². The molecule has 0 aliphatic rings. The first kappa shape index (κ1) is 10.4. The molecule has 1 aromatic carbocycles. The van der Waals surface area contributed by atoms with Gasteiger partial charge in [0.15, 0.2) is 0 Å². The van der Waals surface area contributed by atoms with Crippen LogP contribution in [0.25, 0.3) is 0 Å². The van der Waals surface area contributed by atoms with Gasteiger partial charge in [0.2, 0.25) is 0 Å². The fraction of sp³-hybridized carbons (Fsp3) is 0. The number of nitriles is 1. The first-order valence-electron chi connectivity index (χ1n) is 3.34. The SMILES string of the molecule is N#Cc1cc(OS(N)(=O)=O)ccc1F. The summed E-state index contributed by atoms with van der Waals surface area (Å²) in [6.07, 6.45) is 0. The van der Waals surface area contributed by atoms with Gasteiger partial charge >= 0.3 is 10.3 Å². The van der Waals surface area contributed by atoms with Crippen LogP contribution in [-0.4, -0.2) is 8.42 Å². The second-order valence-electron chi connectivity index (χ2n) is 2.33. The maximum absolute atomic E-state index is 12.7. The van der Waals surface area contributed by atoms with Crippen molar-refractivity contribution >= 4 is 10.3 Å². The van der Waals surface area contributed by atoms with E-state index in [0.717, 1.165) is 18.2 Å². The quantitative estimate of drug-likeness (QED) is 0.768. The zero-order valence-electron chi connectivity index (χ0n) is 6.77. The van der Waals surface area contributed by atoms with Gasteiger partial charge in [0, 0.05) is 6.07 Å². The summed E-state index contributed by atoms with van der Waals surface area (Å²) in [6, 6.07) is 4.45. The number of halogens is 1. The fourth-order valence-electron chi connectivity index (χ4n) is 0.776. The van der Waals surface area contributed by atoms with Crippen LogP contribution in [0.5, 0.6) is 5.75 Å². The van der Waals surface area contributed by atoms with E-state index >= 15 is 0 Å². The average molecular weight is 216 g/mol. The monoisotopic (exact) mass is 216 g/mol. The summed E-state index contributed by atoms with van der Waals surface area (Å²) in [5.74, 6) is -0.959. The Labute approximate surface area is 79.8 Å². The van der Waals surface area contributed by atoms with Crippen molar-refractivity contribution in [3.8, 4) is 11.8 Å². The third kappa shape index (κ3) is 2.69. The zero-order chi connectivity index (χ0) is 10.8. The predicted molar refractivity (Wildman–Crippen MR) is 44.9 cm³/mol. The molecule has 0 spiro atoms. The van der Waals surface area contributed by atoms with E-state index in [1.165, 1.54) is 6.07 Å². The van der Waals surface area contributed by atoms with Gasteiger partial charge in [-0.3, -0.25) is 0 Å². The molecule has 0 saturated heterocycles. The molecule has 0 aliphatic carbocycles. The molecule has 7 heteroatoms. The fourth-order valence-corrected chi connectivity index (χ4v) is 1.15. The molecule has 0 heterocycles. The number of benzene rings is 1. The van der Waals surface area contributed by atoms with Crippen LogP contribution < -0.4 is 9.32 Å². The van der Waals surface area contributed by atoms with Crippen molar-refractivity contribution in [2.75, 3.05) is 0 Å². The van der Waals surface area contributed by atoms with Crippen LogP contribution in [-0.2, 0) is 10.3 Å². The van der Waals surface area contributed by atoms with E-state index in [1.54, 1.807) is 0 Å². The van der Waals surface area contributed by atoms with E-state index in [9.17, 15) is 12.8 Å². The van der Waals surface area contributed by atoms with Crippen LogP contribution in [0.4, 0.5) is 4.39 Å². The molecule has 0 radical (unpaired) electrons. The highest BCUT2D eigenvalue weighted by atomic mass is 32.2. The second kappa shape index (κ2) is 3.61. The maximum Gasteiger partial charge on any atom is 0.380 e. The summed E-state index contributed by atoms with van der Waals surface area (Å²) in [4.78, 5) is 0. The van der Waals surface area contributed by atoms with Gasteiger partial charge in [-0.15, -0.1) is 0 Å². The molecular formula is C7H5FN2O3S. The second-order valence-corrected chi connectivity index (χ2v) is 3.48. The van der Waals surface area contributed by atoms with E-state index in [-0.39, 0.29) is 11.3 Å². The molecule has 0 bridgehead atoms. The van der Waals surface area contributed by atoms with Crippen molar-refractivity contribution in [1.29, 1.82) is 5.26 Å². The molecule has 14 heavy (non-hydrogen) atoms. The van der Waals surface area contributed by atoms with E-state index in [2.05, 4.69) is 9.32 Å². The van der Waals surface area contributed by atoms with Gasteiger partial charge in [0.05, 0.1) is 5.56 Å². The average Bonchev–Trinajstić information content (AvgIpc) is 2.06. The Hall–Kier alpha value is -1.65. The number of nitrogens with zero attached hydrogens (tertiary/aromatic N) is 1. The Balaban J connectivity index is 3.09. The van der Waals surface area contributed by atoms with Crippen molar-refractivity contribution in [2.45, 2.75) is 0 Å². The van der Waals surface area contributed by atoms with Gasteiger partial charge in [-0.1, -0.05) is 0 Å². The smallest absolute Gasteiger partial charge is 0.371 e. The standard InChI is InChI=1S/C7H5FN2O3S/c8-7-2-1-6(3-5(7)4-9)13-14(10,11)12/h1-3H,(H2,10,11,12). The van der Waals surface area contributed by atoms with Crippen LogP contribution in [0.3, 0.4) is 0 Å². The summed E-state index contributed by atoms with van der Waals surface area (Å²) < 4.78 is 37.9. The Morgan fingerprint density at radius 3 is 2.64 bits per heavy atom. The molecule has 0 aromatic heterocycles. The summed E-state index contributed by atoms with van der Waals surface area (Å²) in [6.45, 7) is 0. The lowest BCUT2D eigenvalue weighted by molar-refractivity contribution is 0.486. The van der Waals surface area contributed by atoms with E-state index in [0.29, 0.717) is 0 Å². The highest BCUT2D eigenvalue weighted by molar-refractivity contribution is 7.84. The minimum Gasteiger partial charge on any atom is -0.371 e. The molecule has 0 unspecified atom stereocenters. The van der Waals surface area contributed by atoms with Crippen molar-refractivity contribution in [1.82, 2.24) is 0 Å². The molecule has 0 atom stereocenters. The first-order valence-corrected chi connectivity index (χ1v) is 4.81. The van der Waals surface area contributed by atoms with Crippen molar-refractivity contribution < 1.29 is 17.0 Å². The Bertz CT molecular complexity index is 492. The minimum absolute atomic E-state index is 0.203. The van der Waals surface area contributed by atoms with Gasteiger partial charge in [-0.05, 0) is 12.1 Å². The van der Waals surface area contributed by atoms with Gasteiger partial charge in [0.1, 0.15) is 17.6 Å². The van der Waals surface area contributed by atoms with Gasteiger partial charge in [-0.2, -0.15) is 18.8 Å². The summed E-state index contributed by atoms with van der Waals surface area (Å²) in [7, 11) is -4.15. The van der Waals surface area contributed by atoms with Crippen LogP contribution in [0.1, 0.15) is 5.56 Å². The highest BCUT2D eigenvalue weighted by Crippen LogP contribution is 2.16. The van der Waals surface area contributed by atoms with Gasteiger partial charge in [0.25, 0.3) is 0 Å². The normalized spacial score (nSPS) is 10.6. The maximum atomic E-state index is 12.7. The molecule has 2 N–H and O–H groups in total. The number of hydrogen-bond donors (Lipinski definition) is 1. The van der Waals surface area contributed by atoms with E-state index < -0.39 is 16.1 Å². The molecule has 1 aromatic rings.